The first-order valence-electron chi connectivity index (χ1n) is 11.6. The second kappa shape index (κ2) is 7.89. The van der Waals surface area contributed by atoms with E-state index in [-0.39, 0.29) is 17.4 Å². The van der Waals surface area contributed by atoms with Crippen LogP contribution in [0.2, 0.25) is 0 Å². The smallest absolute Gasteiger partial charge is 0.226 e. The highest BCUT2D eigenvalue weighted by Gasteiger charge is 2.58. The molecular formula is C25H32N2O3S. The van der Waals surface area contributed by atoms with Gasteiger partial charge in [-0.2, -0.15) is 0 Å². The maximum atomic E-state index is 12.5. The van der Waals surface area contributed by atoms with E-state index in [1.807, 2.05) is 19.1 Å². The van der Waals surface area contributed by atoms with Crippen molar-refractivity contribution in [3.05, 3.63) is 40.4 Å². The largest absolute Gasteiger partial charge is 0.508 e. The van der Waals surface area contributed by atoms with E-state index in [2.05, 4.69) is 23.3 Å². The van der Waals surface area contributed by atoms with E-state index in [1.165, 1.54) is 22.5 Å². The molecule has 3 aliphatic rings. The summed E-state index contributed by atoms with van der Waals surface area (Å²) >= 11 is 1.50. The molecule has 3 unspecified atom stereocenters. The number of hydrogen-bond acceptors (Lipinski definition) is 5. The molecule has 0 radical (unpaired) electrons. The maximum Gasteiger partial charge on any atom is 0.226 e. The zero-order valence-electron chi connectivity index (χ0n) is 18.3. The Kier molecular flexibility index (Phi) is 5.33. The summed E-state index contributed by atoms with van der Waals surface area (Å²) in [5, 5.41) is 24.6. The number of aryl methyl sites for hydroxylation is 2. The van der Waals surface area contributed by atoms with Crippen LogP contribution in [0.25, 0.3) is 0 Å². The van der Waals surface area contributed by atoms with Crippen molar-refractivity contribution < 1.29 is 15.0 Å². The van der Waals surface area contributed by atoms with Gasteiger partial charge < -0.3 is 15.5 Å². The molecule has 0 spiro atoms. The lowest BCUT2D eigenvalue weighted by molar-refractivity contribution is -0.116. The number of fused-ring (bicyclic) bond motifs is 5. The van der Waals surface area contributed by atoms with E-state index >= 15 is 0 Å². The predicted octanol–water partition coefficient (Wildman–Crippen LogP) is 5.02. The van der Waals surface area contributed by atoms with Gasteiger partial charge in [0.05, 0.1) is 6.10 Å². The molecule has 6 heteroatoms. The van der Waals surface area contributed by atoms with Crippen LogP contribution in [0.3, 0.4) is 0 Å². The number of carbonyl (C=O) groups excluding carboxylic acids is 1. The van der Waals surface area contributed by atoms with Crippen LogP contribution in [0.5, 0.6) is 5.75 Å². The second-order valence-electron chi connectivity index (χ2n) is 10.1. The third kappa shape index (κ3) is 3.68. The molecule has 1 amide bonds. The third-order valence-corrected chi connectivity index (χ3v) is 9.24. The number of thiazole rings is 1. The fraction of sp³-hybridized carbons (Fsp3) is 0.600. The SMILES string of the molecule is Cc1cnc(NC(=O)CC[C@@H]2C[C@H](O)[C@@]3(C)CCC4c5ccc(O)cc5CCC4C23)s1. The Morgan fingerprint density at radius 1 is 1.35 bits per heavy atom. The maximum absolute atomic E-state index is 12.5. The number of carbonyl (C=O) groups is 1. The lowest BCUT2D eigenvalue weighted by atomic mass is 9.54. The van der Waals surface area contributed by atoms with Crippen molar-refractivity contribution in [1.29, 1.82) is 0 Å². The number of phenols is 1. The Morgan fingerprint density at radius 3 is 2.97 bits per heavy atom. The van der Waals surface area contributed by atoms with E-state index in [1.54, 1.807) is 6.20 Å². The Labute approximate surface area is 187 Å². The molecule has 5 rings (SSSR count). The highest BCUT2D eigenvalue weighted by molar-refractivity contribution is 7.15. The summed E-state index contributed by atoms with van der Waals surface area (Å²) in [6.45, 7) is 4.26. The standard InChI is InChI=1S/C25H32N2O3S/c1-14-13-26-24(31-14)27-22(30)8-4-16-12-21(29)25(2)10-9-19-18-7-5-17(28)11-15(18)3-6-20(19)23(16)25/h5,7,11,13,16,19-21,23,28-29H,3-4,6,8-10,12H2,1-2H3,(H,26,27,30)/t16-,19?,20?,21+,23?,25-/m1/s1. The Bertz CT molecular complexity index is 989. The third-order valence-electron chi connectivity index (χ3n) is 8.41. The average Bonchev–Trinajstić information content (AvgIpc) is 3.25. The number of nitrogens with zero attached hydrogens (tertiary/aromatic N) is 1. The van der Waals surface area contributed by atoms with E-state index < -0.39 is 0 Å². The average molecular weight is 441 g/mol. The number of nitrogens with one attached hydrogen (secondary N) is 1. The Morgan fingerprint density at radius 2 is 2.19 bits per heavy atom. The van der Waals surface area contributed by atoms with Gasteiger partial charge in [0.2, 0.25) is 5.91 Å². The summed E-state index contributed by atoms with van der Waals surface area (Å²) in [5.74, 6) is 2.24. The zero-order chi connectivity index (χ0) is 21.8. The van der Waals surface area contributed by atoms with Crippen molar-refractivity contribution in [2.75, 3.05) is 5.32 Å². The molecule has 2 saturated carbocycles. The minimum Gasteiger partial charge on any atom is -0.508 e. The van der Waals surface area contributed by atoms with Crippen LogP contribution in [-0.2, 0) is 11.2 Å². The summed E-state index contributed by atoms with van der Waals surface area (Å²) in [5.41, 5.74) is 2.63. The Hall–Kier alpha value is -1.92. The summed E-state index contributed by atoms with van der Waals surface area (Å²) in [7, 11) is 0. The van der Waals surface area contributed by atoms with Crippen LogP contribution in [0.15, 0.2) is 24.4 Å². The number of aliphatic hydroxyl groups is 1. The van der Waals surface area contributed by atoms with Crippen molar-refractivity contribution in [3.8, 4) is 5.75 Å². The second-order valence-corrected chi connectivity index (χ2v) is 11.4. The topological polar surface area (TPSA) is 82.5 Å². The monoisotopic (exact) mass is 440 g/mol. The summed E-state index contributed by atoms with van der Waals surface area (Å²) in [6.07, 6.45) is 7.82. The van der Waals surface area contributed by atoms with Gasteiger partial charge >= 0.3 is 0 Å². The fourth-order valence-corrected chi connectivity index (χ4v) is 7.71. The first-order chi connectivity index (χ1) is 14.8. The Balaban J connectivity index is 1.33. The minimum atomic E-state index is -0.283. The molecule has 0 saturated heterocycles. The van der Waals surface area contributed by atoms with Crippen molar-refractivity contribution >= 4 is 22.4 Å². The molecule has 166 valence electrons. The van der Waals surface area contributed by atoms with Crippen molar-refractivity contribution in [2.24, 2.45) is 23.2 Å². The van der Waals surface area contributed by atoms with Crippen LogP contribution in [0.4, 0.5) is 5.13 Å². The van der Waals surface area contributed by atoms with Crippen molar-refractivity contribution in [3.63, 3.8) is 0 Å². The molecule has 3 N–H and O–H groups in total. The number of phenolic OH excluding ortho intramolecular Hbond substituents is 1. The van der Waals surface area contributed by atoms with Crippen LogP contribution in [0, 0.1) is 30.1 Å². The number of aliphatic hydroxyl groups excluding tert-OH is 1. The molecule has 3 aliphatic carbocycles. The molecule has 1 aromatic heterocycles. The quantitative estimate of drug-likeness (QED) is 0.623. The van der Waals surface area contributed by atoms with Gasteiger partial charge in [0, 0.05) is 17.5 Å². The molecule has 0 aliphatic heterocycles. The van der Waals surface area contributed by atoms with E-state index in [9.17, 15) is 15.0 Å². The predicted molar refractivity (Wildman–Crippen MR) is 122 cm³/mol. The lowest BCUT2D eigenvalue weighted by Gasteiger charge is -2.51. The lowest BCUT2D eigenvalue weighted by Crippen LogP contribution is -2.45. The van der Waals surface area contributed by atoms with Gasteiger partial charge in [0.25, 0.3) is 0 Å². The van der Waals surface area contributed by atoms with E-state index in [0.29, 0.717) is 41.0 Å². The zero-order valence-corrected chi connectivity index (χ0v) is 19.1. The first-order valence-corrected chi connectivity index (χ1v) is 12.4. The number of hydrogen-bond donors (Lipinski definition) is 3. The first kappa shape index (κ1) is 21.0. The van der Waals surface area contributed by atoms with Gasteiger partial charge in [-0.1, -0.05) is 13.0 Å². The molecule has 6 atom stereocenters. The minimum absolute atomic E-state index is 0.0225. The van der Waals surface area contributed by atoms with Crippen LogP contribution >= 0.6 is 11.3 Å². The van der Waals surface area contributed by atoms with E-state index in [4.69, 9.17) is 0 Å². The number of aromatic nitrogens is 1. The highest BCUT2D eigenvalue weighted by atomic mass is 32.1. The van der Waals surface area contributed by atoms with Crippen molar-refractivity contribution in [1.82, 2.24) is 4.98 Å². The molecule has 31 heavy (non-hydrogen) atoms. The van der Waals surface area contributed by atoms with Gasteiger partial charge in [-0.05, 0) is 97.8 Å². The van der Waals surface area contributed by atoms with Gasteiger partial charge in [-0.15, -0.1) is 11.3 Å². The summed E-state index contributed by atoms with van der Waals surface area (Å²) in [6, 6.07) is 5.87. The summed E-state index contributed by atoms with van der Waals surface area (Å²) < 4.78 is 0. The number of aromatic hydroxyl groups is 1. The fourth-order valence-electron chi connectivity index (χ4n) is 7.03. The van der Waals surface area contributed by atoms with Crippen LogP contribution < -0.4 is 5.32 Å². The van der Waals surface area contributed by atoms with E-state index in [0.717, 1.165) is 43.4 Å². The number of anilines is 1. The van der Waals surface area contributed by atoms with Crippen molar-refractivity contribution in [2.45, 2.75) is 70.8 Å². The molecule has 0 bridgehead atoms. The number of rotatable bonds is 4. The molecule has 1 aromatic carbocycles. The van der Waals surface area contributed by atoms with Gasteiger partial charge in [0.15, 0.2) is 5.13 Å². The van der Waals surface area contributed by atoms with Gasteiger partial charge in [-0.3, -0.25) is 4.79 Å². The molecular weight excluding hydrogens is 408 g/mol. The molecule has 1 heterocycles. The number of amides is 1. The van der Waals surface area contributed by atoms with Crippen LogP contribution in [-0.4, -0.2) is 27.2 Å². The summed E-state index contributed by atoms with van der Waals surface area (Å²) in [4.78, 5) is 17.9. The van der Waals surface area contributed by atoms with Gasteiger partial charge in [0.1, 0.15) is 5.75 Å². The highest BCUT2D eigenvalue weighted by Crippen LogP contribution is 2.63. The number of benzene rings is 1. The van der Waals surface area contributed by atoms with Gasteiger partial charge in [-0.25, -0.2) is 4.98 Å². The molecule has 5 nitrogen and oxygen atoms in total. The normalized spacial score (nSPS) is 34.0. The molecule has 2 fully saturated rings. The molecule has 2 aromatic rings. The van der Waals surface area contributed by atoms with Crippen LogP contribution in [0.1, 0.15) is 67.4 Å².